The second kappa shape index (κ2) is 5.51. The van der Waals surface area contributed by atoms with E-state index in [0.29, 0.717) is 0 Å². The zero-order valence-electron chi connectivity index (χ0n) is 12.8. The summed E-state index contributed by atoms with van der Waals surface area (Å²) in [4.78, 5) is 6.13. The minimum absolute atomic E-state index is 0.102. The summed E-state index contributed by atoms with van der Waals surface area (Å²) in [5, 5.41) is 4.72. The van der Waals surface area contributed by atoms with Gasteiger partial charge in [-0.25, -0.2) is 4.98 Å². The third-order valence-corrected chi connectivity index (χ3v) is 5.21. The number of hydrogen-bond donors (Lipinski definition) is 1. The van der Waals surface area contributed by atoms with E-state index in [0.717, 1.165) is 25.1 Å². The minimum atomic E-state index is -0.102. The molecule has 0 aliphatic heterocycles. The van der Waals surface area contributed by atoms with E-state index in [1.54, 1.807) is 0 Å². The molecule has 1 heterocycles. The van der Waals surface area contributed by atoms with E-state index in [4.69, 9.17) is 9.72 Å². The van der Waals surface area contributed by atoms with Crippen molar-refractivity contribution in [2.75, 3.05) is 7.11 Å². The van der Waals surface area contributed by atoms with Crippen LogP contribution < -0.4 is 5.32 Å². The van der Waals surface area contributed by atoms with Crippen molar-refractivity contribution in [3.8, 4) is 0 Å². The SMILES string of the molecule is COC1(c2nc(C)c(CNC(C)(C)C)s2)CCCC1. The Labute approximate surface area is 120 Å². The van der Waals surface area contributed by atoms with Gasteiger partial charge in [-0.3, -0.25) is 0 Å². The van der Waals surface area contributed by atoms with Crippen molar-refractivity contribution in [3.63, 3.8) is 0 Å². The maximum atomic E-state index is 5.83. The molecule has 1 saturated carbocycles. The predicted octanol–water partition coefficient (Wildman–Crippen LogP) is 3.76. The standard InChI is InChI=1S/C15H26N2OS/c1-11-12(10-16-14(2,3)4)19-13(17-11)15(18-5)8-6-7-9-15/h16H,6-10H2,1-5H3. The monoisotopic (exact) mass is 282 g/mol. The number of nitrogens with one attached hydrogen (secondary N) is 1. The fraction of sp³-hybridized carbons (Fsp3) is 0.800. The third-order valence-electron chi connectivity index (χ3n) is 3.86. The Morgan fingerprint density at radius 2 is 1.95 bits per heavy atom. The minimum Gasteiger partial charge on any atom is -0.371 e. The van der Waals surface area contributed by atoms with Crippen LogP contribution in [0.15, 0.2) is 0 Å². The van der Waals surface area contributed by atoms with Gasteiger partial charge in [0.2, 0.25) is 0 Å². The summed E-state index contributed by atoms with van der Waals surface area (Å²) in [6.45, 7) is 9.58. The number of nitrogens with zero attached hydrogens (tertiary/aromatic N) is 1. The van der Waals surface area contributed by atoms with Crippen LogP contribution in [0.2, 0.25) is 0 Å². The second-order valence-electron chi connectivity index (χ2n) is 6.54. The van der Waals surface area contributed by atoms with Gasteiger partial charge >= 0.3 is 0 Å². The van der Waals surface area contributed by atoms with Crippen molar-refractivity contribution < 1.29 is 4.74 Å². The zero-order chi connectivity index (χ0) is 14.1. The van der Waals surface area contributed by atoms with Crippen molar-refractivity contribution in [2.24, 2.45) is 0 Å². The highest BCUT2D eigenvalue weighted by Crippen LogP contribution is 2.43. The van der Waals surface area contributed by atoms with Crippen molar-refractivity contribution in [1.29, 1.82) is 0 Å². The zero-order valence-corrected chi connectivity index (χ0v) is 13.6. The molecule has 0 unspecified atom stereocenters. The summed E-state index contributed by atoms with van der Waals surface area (Å²) in [5.41, 5.74) is 1.19. The number of hydrogen-bond acceptors (Lipinski definition) is 4. The van der Waals surface area contributed by atoms with Crippen molar-refractivity contribution in [1.82, 2.24) is 10.3 Å². The third kappa shape index (κ3) is 3.36. The Hall–Kier alpha value is -0.450. The average Bonchev–Trinajstić information content (AvgIpc) is 2.93. The highest BCUT2D eigenvalue weighted by atomic mass is 32.1. The van der Waals surface area contributed by atoms with Gasteiger partial charge in [0.15, 0.2) is 0 Å². The predicted molar refractivity (Wildman–Crippen MR) is 80.6 cm³/mol. The first-order valence-corrected chi connectivity index (χ1v) is 7.95. The van der Waals surface area contributed by atoms with Gasteiger partial charge in [0.1, 0.15) is 10.6 Å². The summed E-state index contributed by atoms with van der Waals surface area (Å²) in [6, 6.07) is 0. The summed E-state index contributed by atoms with van der Waals surface area (Å²) in [7, 11) is 1.83. The number of ether oxygens (including phenoxy) is 1. The molecule has 1 fully saturated rings. The summed E-state index contributed by atoms with van der Waals surface area (Å²) >= 11 is 1.82. The lowest BCUT2D eigenvalue weighted by Crippen LogP contribution is -2.34. The van der Waals surface area contributed by atoms with Crippen molar-refractivity contribution in [3.05, 3.63) is 15.6 Å². The molecule has 1 aliphatic carbocycles. The normalized spacial score (nSPS) is 19.0. The van der Waals surface area contributed by atoms with Crippen molar-refractivity contribution in [2.45, 2.75) is 71.1 Å². The van der Waals surface area contributed by atoms with Crippen LogP contribution in [-0.2, 0) is 16.9 Å². The van der Waals surface area contributed by atoms with Gasteiger partial charge in [0.05, 0.1) is 5.69 Å². The van der Waals surface area contributed by atoms with Gasteiger partial charge < -0.3 is 10.1 Å². The quantitative estimate of drug-likeness (QED) is 0.913. The van der Waals surface area contributed by atoms with Crippen LogP contribution in [0.1, 0.15) is 62.0 Å². The second-order valence-corrected chi connectivity index (χ2v) is 7.62. The Morgan fingerprint density at radius 1 is 1.32 bits per heavy atom. The van der Waals surface area contributed by atoms with Gasteiger partial charge in [-0.1, -0.05) is 12.8 Å². The molecule has 3 nitrogen and oxygen atoms in total. The first-order chi connectivity index (χ1) is 8.86. The first kappa shape index (κ1) is 14.9. The molecule has 0 atom stereocenters. The highest BCUT2D eigenvalue weighted by Gasteiger charge is 2.38. The number of rotatable bonds is 4. The largest absolute Gasteiger partial charge is 0.371 e. The fourth-order valence-electron chi connectivity index (χ4n) is 2.58. The van der Waals surface area contributed by atoms with Crippen LogP contribution in [0, 0.1) is 6.92 Å². The Bertz CT molecular complexity index is 428. The average molecular weight is 282 g/mol. The fourth-order valence-corrected chi connectivity index (χ4v) is 3.81. The molecule has 0 amide bonds. The first-order valence-electron chi connectivity index (χ1n) is 7.13. The molecule has 2 rings (SSSR count). The topological polar surface area (TPSA) is 34.1 Å². The maximum absolute atomic E-state index is 5.83. The molecule has 4 heteroatoms. The smallest absolute Gasteiger partial charge is 0.125 e. The summed E-state index contributed by atoms with van der Waals surface area (Å²) in [5.74, 6) is 0. The van der Waals surface area contributed by atoms with E-state index < -0.39 is 0 Å². The molecule has 1 aliphatic rings. The van der Waals surface area contributed by atoms with Gasteiger partial charge in [0, 0.05) is 24.1 Å². The van der Waals surface area contributed by atoms with Crippen LogP contribution in [0.5, 0.6) is 0 Å². The van der Waals surface area contributed by atoms with Crippen LogP contribution in [0.4, 0.5) is 0 Å². The van der Waals surface area contributed by atoms with Gasteiger partial charge in [0.25, 0.3) is 0 Å². The number of aryl methyl sites for hydroxylation is 1. The van der Waals surface area contributed by atoms with E-state index in [1.807, 2.05) is 18.4 Å². The van der Waals surface area contributed by atoms with Crippen LogP contribution in [0.3, 0.4) is 0 Å². The molecule has 0 radical (unpaired) electrons. The molecule has 108 valence electrons. The van der Waals surface area contributed by atoms with E-state index in [2.05, 4.69) is 33.0 Å². The molecule has 1 aromatic heterocycles. The van der Waals surface area contributed by atoms with E-state index in [-0.39, 0.29) is 11.1 Å². The van der Waals surface area contributed by atoms with E-state index >= 15 is 0 Å². The summed E-state index contributed by atoms with van der Waals surface area (Å²) < 4.78 is 5.83. The molecule has 19 heavy (non-hydrogen) atoms. The van der Waals surface area contributed by atoms with Crippen LogP contribution >= 0.6 is 11.3 Å². The van der Waals surface area contributed by atoms with E-state index in [1.165, 1.54) is 22.7 Å². The Kier molecular flexibility index (Phi) is 4.33. The molecular formula is C15H26N2OS. The molecule has 0 spiro atoms. The van der Waals surface area contributed by atoms with Crippen LogP contribution in [0.25, 0.3) is 0 Å². The Morgan fingerprint density at radius 3 is 2.47 bits per heavy atom. The number of aromatic nitrogens is 1. The van der Waals surface area contributed by atoms with Gasteiger partial charge in [-0.2, -0.15) is 0 Å². The van der Waals surface area contributed by atoms with Gasteiger partial charge in [-0.15, -0.1) is 11.3 Å². The molecule has 1 aromatic rings. The molecule has 0 aromatic carbocycles. The number of thiazole rings is 1. The molecular weight excluding hydrogens is 256 g/mol. The van der Waals surface area contributed by atoms with Gasteiger partial charge in [-0.05, 0) is 40.5 Å². The lowest BCUT2D eigenvalue weighted by Gasteiger charge is -2.24. The summed E-state index contributed by atoms with van der Waals surface area (Å²) in [6.07, 6.45) is 4.73. The lowest BCUT2D eigenvalue weighted by molar-refractivity contribution is -0.00893. The Balaban J connectivity index is 2.16. The molecule has 0 saturated heterocycles. The number of methoxy groups -OCH3 is 1. The molecule has 1 N–H and O–H groups in total. The lowest BCUT2D eigenvalue weighted by atomic mass is 10.0. The van der Waals surface area contributed by atoms with Crippen LogP contribution in [-0.4, -0.2) is 17.6 Å². The maximum Gasteiger partial charge on any atom is 0.125 e. The van der Waals surface area contributed by atoms with E-state index in [9.17, 15) is 0 Å². The molecule has 0 bridgehead atoms. The van der Waals surface area contributed by atoms with Crippen molar-refractivity contribution >= 4 is 11.3 Å². The highest BCUT2D eigenvalue weighted by molar-refractivity contribution is 7.11.